The third kappa shape index (κ3) is 4.73. The van der Waals surface area contributed by atoms with E-state index in [1.165, 1.54) is 0 Å². The fourth-order valence-corrected chi connectivity index (χ4v) is 3.48. The van der Waals surface area contributed by atoms with Crippen LogP contribution in [0.2, 0.25) is 18.1 Å². The number of terminal acetylenes is 1. The number of ether oxygens (including phenoxy) is 1. The van der Waals surface area contributed by atoms with Gasteiger partial charge in [-0.1, -0.05) is 26.7 Å². The Hall–Kier alpha value is -0.633. The molecule has 2 atom stereocenters. The highest BCUT2D eigenvalue weighted by Crippen LogP contribution is 2.39. The summed E-state index contributed by atoms with van der Waals surface area (Å²) in [5.74, 6) is 2.48. The van der Waals surface area contributed by atoms with Gasteiger partial charge in [0.1, 0.15) is 5.78 Å². The molecule has 4 heteroatoms. The van der Waals surface area contributed by atoms with Crippen molar-refractivity contribution in [1.29, 1.82) is 0 Å². The molecule has 1 heterocycles. The van der Waals surface area contributed by atoms with E-state index < -0.39 is 8.32 Å². The first-order chi connectivity index (χ1) is 9.17. The molecule has 3 nitrogen and oxygen atoms in total. The third-order valence-electron chi connectivity index (χ3n) is 4.36. The van der Waals surface area contributed by atoms with Crippen LogP contribution < -0.4 is 0 Å². The van der Waals surface area contributed by atoms with Crippen molar-refractivity contribution in [3.63, 3.8) is 0 Å². The van der Waals surface area contributed by atoms with Gasteiger partial charge in [0.05, 0.1) is 18.6 Å². The molecule has 0 radical (unpaired) electrons. The Bertz CT molecular complexity index is 376. The van der Waals surface area contributed by atoms with Gasteiger partial charge in [0.15, 0.2) is 8.32 Å². The first kappa shape index (κ1) is 17.4. The third-order valence-corrected chi connectivity index (χ3v) is 8.86. The van der Waals surface area contributed by atoms with Gasteiger partial charge in [-0.2, -0.15) is 0 Å². The van der Waals surface area contributed by atoms with Crippen LogP contribution in [0.5, 0.6) is 0 Å². The summed E-state index contributed by atoms with van der Waals surface area (Å²) in [4.78, 5) is 11.8. The van der Waals surface area contributed by atoms with E-state index >= 15 is 0 Å². The summed E-state index contributed by atoms with van der Waals surface area (Å²) >= 11 is 0. The fraction of sp³-hybridized carbons (Fsp3) is 0.812. The van der Waals surface area contributed by atoms with Gasteiger partial charge in [-0.05, 0) is 31.0 Å². The van der Waals surface area contributed by atoms with Crippen molar-refractivity contribution in [2.24, 2.45) is 0 Å². The molecule has 0 saturated carbocycles. The van der Waals surface area contributed by atoms with Crippen LogP contribution in [0, 0.1) is 12.3 Å². The lowest BCUT2D eigenvalue weighted by Crippen LogP contribution is -2.49. The first-order valence-electron chi connectivity index (χ1n) is 7.42. The molecule has 0 aromatic carbocycles. The van der Waals surface area contributed by atoms with E-state index in [4.69, 9.17) is 15.6 Å². The Labute approximate surface area is 124 Å². The van der Waals surface area contributed by atoms with Crippen LogP contribution in [0.25, 0.3) is 0 Å². The minimum atomic E-state index is -1.84. The zero-order valence-electron chi connectivity index (χ0n) is 13.5. The zero-order chi connectivity index (χ0) is 15.4. The Morgan fingerprint density at radius 3 is 2.65 bits per heavy atom. The molecule has 1 rings (SSSR count). The Morgan fingerprint density at radius 2 is 2.10 bits per heavy atom. The normalized spacial score (nSPS) is 24.2. The number of rotatable bonds is 5. The number of carbonyl (C=O) groups is 1. The highest BCUT2D eigenvalue weighted by molar-refractivity contribution is 6.74. The highest BCUT2D eigenvalue weighted by atomic mass is 28.4. The predicted molar refractivity (Wildman–Crippen MR) is 84.1 cm³/mol. The van der Waals surface area contributed by atoms with Gasteiger partial charge >= 0.3 is 0 Å². The summed E-state index contributed by atoms with van der Waals surface area (Å²) in [5.41, 5.74) is 0. The number of ketones is 1. The summed E-state index contributed by atoms with van der Waals surface area (Å²) in [5, 5.41) is 0.165. The lowest BCUT2D eigenvalue weighted by molar-refractivity contribution is -0.126. The molecule has 0 unspecified atom stereocenters. The van der Waals surface area contributed by atoms with Crippen molar-refractivity contribution in [1.82, 2.24) is 0 Å². The van der Waals surface area contributed by atoms with Crippen LogP contribution in [-0.4, -0.2) is 32.9 Å². The number of Topliss-reactive ketones (excluding diaryl/α,β-unsaturated/α-hetero) is 1. The van der Waals surface area contributed by atoms with E-state index in [1.54, 1.807) is 0 Å². The molecule has 0 amide bonds. The lowest BCUT2D eigenvalue weighted by Gasteiger charge is -2.42. The molecular formula is C16H28O3Si. The van der Waals surface area contributed by atoms with Gasteiger partial charge < -0.3 is 9.16 Å². The van der Waals surface area contributed by atoms with E-state index in [9.17, 15) is 4.79 Å². The average molecular weight is 296 g/mol. The largest absolute Gasteiger partial charge is 0.411 e. The minimum absolute atomic E-state index is 0.0337. The number of hydrogen-bond donors (Lipinski definition) is 0. The molecule has 1 aliphatic heterocycles. The summed E-state index contributed by atoms with van der Waals surface area (Å²) in [6.45, 7) is 11.9. The van der Waals surface area contributed by atoms with Crippen molar-refractivity contribution >= 4 is 14.1 Å². The topological polar surface area (TPSA) is 35.5 Å². The molecule has 1 aliphatic rings. The average Bonchev–Trinajstić information content (AvgIpc) is 2.30. The summed E-state index contributed by atoms with van der Waals surface area (Å²) in [6.07, 6.45) is 7.64. The molecule has 114 valence electrons. The van der Waals surface area contributed by atoms with Gasteiger partial charge in [-0.25, -0.2) is 0 Å². The Kier molecular flexibility index (Phi) is 6.00. The van der Waals surface area contributed by atoms with E-state index in [0.717, 1.165) is 12.8 Å². The Balaban J connectivity index is 2.70. The number of carbonyl (C=O) groups excluding carboxylic acids is 1. The maximum absolute atomic E-state index is 11.8. The molecule has 0 spiro atoms. The number of hydrogen-bond acceptors (Lipinski definition) is 3. The molecule has 0 N–H and O–H groups in total. The van der Waals surface area contributed by atoms with Gasteiger partial charge in [0, 0.05) is 13.0 Å². The van der Waals surface area contributed by atoms with Crippen molar-refractivity contribution in [2.75, 3.05) is 6.61 Å². The lowest BCUT2D eigenvalue weighted by atomic mass is 10.00. The van der Waals surface area contributed by atoms with Crippen LogP contribution in [0.4, 0.5) is 0 Å². The smallest absolute Gasteiger partial charge is 0.192 e. The SMILES string of the molecule is C#CCC(=O)C[C@H]1OCCC[C@@H]1O[Si](C)(C)C(C)(C)C. The van der Waals surface area contributed by atoms with E-state index in [2.05, 4.69) is 39.8 Å². The van der Waals surface area contributed by atoms with Crippen LogP contribution >= 0.6 is 0 Å². The van der Waals surface area contributed by atoms with Gasteiger partial charge in [0.25, 0.3) is 0 Å². The summed E-state index contributed by atoms with van der Waals surface area (Å²) < 4.78 is 12.2. The maximum Gasteiger partial charge on any atom is 0.192 e. The molecule has 0 aromatic rings. The van der Waals surface area contributed by atoms with Gasteiger partial charge in [0.2, 0.25) is 0 Å². The quantitative estimate of drug-likeness (QED) is 0.575. The maximum atomic E-state index is 11.8. The van der Waals surface area contributed by atoms with E-state index in [0.29, 0.717) is 13.0 Å². The van der Waals surface area contributed by atoms with Crippen molar-refractivity contribution < 1.29 is 14.0 Å². The van der Waals surface area contributed by atoms with E-state index in [1.807, 2.05) is 0 Å². The fourth-order valence-electron chi connectivity index (χ4n) is 2.10. The second-order valence-corrected chi connectivity index (χ2v) is 11.8. The molecule has 20 heavy (non-hydrogen) atoms. The predicted octanol–water partition coefficient (Wildman–Crippen LogP) is 3.54. The van der Waals surface area contributed by atoms with Crippen LogP contribution in [0.1, 0.15) is 46.5 Å². The standard InChI is InChI=1S/C16H28O3Si/c1-7-9-13(17)12-15-14(10-8-11-18-15)19-20(5,6)16(2,3)4/h1,14-15H,8-12H2,2-6H3/t14-,15+/m0/s1. The van der Waals surface area contributed by atoms with Crippen LogP contribution in [0.3, 0.4) is 0 Å². The van der Waals surface area contributed by atoms with Crippen LogP contribution in [-0.2, 0) is 14.0 Å². The van der Waals surface area contributed by atoms with Crippen LogP contribution in [0.15, 0.2) is 0 Å². The second kappa shape index (κ2) is 6.88. The summed E-state index contributed by atoms with van der Waals surface area (Å²) in [6, 6.07) is 0. The molecule has 1 saturated heterocycles. The van der Waals surface area contributed by atoms with E-state index in [-0.39, 0.29) is 29.5 Å². The molecular weight excluding hydrogens is 268 g/mol. The molecule has 0 aliphatic carbocycles. The molecule has 0 bridgehead atoms. The monoisotopic (exact) mass is 296 g/mol. The zero-order valence-corrected chi connectivity index (χ0v) is 14.5. The van der Waals surface area contributed by atoms with Crippen molar-refractivity contribution in [3.05, 3.63) is 0 Å². The second-order valence-electron chi connectivity index (χ2n) is 7.09. The summed E-state index contributed by atoms with van der Waals surface area (Å²) in [7, 11) is -1.84. The Morgan fingerprint density at radius 1 is 1.45 bits per heavy atom. The molecule has 1 fully saturated rings. The first-order valence-corrected chi connectivity index (χ1v) is 10.3. The van der Waals surface area contributed by atoms with Gasteiger partial charge in [-0.3, -0.25) is 4.79 Å². The highest BCUT2D eigenvalue weighted by Gasteiger charge is 2.41. The van der Waals surface area contributed by atoms with Gasteiger partial charge in [-0.15, -0.1) is 6.42 Å². The minimum Gasteiger partial charge on any atom is -0.411 e. The molecule has 0 aromatic heterocycles. The van der Waals surface area contributed by atoms with Crippen molar-refractivity contribution in [2.45, 2.75) is 76.8 Å². The van der Waals surface area contributed by atoms with Crippen molar-refractivity contribution in [3.8, 4) is 12.3 Å².